The topological polar surface area (TPSA) is 83.8 Å². The van der Waals surface area contributed by atoms with Crippen LogP contribution in [0.25, 0.3) is 11.4 Å². The molecule has 1 aromatic heterocycles. The number of nitrogens with two attached hydrogens (primary N) is 1. The van der Waals surface area contributed by atoms with Crippen LogP contribution >= 0.6 is 36.6 Å². The molecule has 5 nitrogen and oxygen atoms in total. The number of aromatic amines is 1. The average Bonchev–Trinajstić information content (AvgIpc) is 2.99. The number of amides is 1. The van der Waals surface area contributed by atoms with Crippen LogP contribution in [0.15, 0.2) is 36.7 Å². The second kappa shape index (κ2) is 10.5. The van der Waals surface area contributed by atoms with E-state index in [0.29, 0.717) is 6.42 Å². The van der Waals surface area contributed by atoms with Gasteiger partial charge in [0.05, 0.1) is 6.04 Å². The molecule has 4 N–H and O–H groups in total. The van der Waals surface area contributed by atoms with Crippen molar-refractivity contribution in [2.75, 3.05) is 17.3 Å². The number of thioether (sulfide) groups is 1. The molecule has 1 atom stereocenters. The number of imidazole rings is 1. The van der Waals surface area contributed by atoms with Gasteiger partial charge in [-0.3, -0.25) is 4.79 Å². The Kier molecular flexibility index (Phi) is 9.93. The van der Waals surface area contributed by atoms with Gasteiger partial charge in [0.25, 0.3) is 0 Å². The Labute approximate surface area is 146 Å². The lowest BCUT2D eigenvalue weighted by atomic mass is 10.2. The van der Waals surface area contributed by atoms with Crippen molar-refractivity contribution in [3.05, 3.63) is 36.7 Å². The van der Waals surface area contributed by atoms with Gasteiger partial charge in [-0.05, 0) is 42.7 Å². The van der Waals surface area contributed by atoms with Gasteiger partial charge in [0.1, 0.15) is 5.82 Å². The standard InChI is InChI=1S/C14H18N4OS.2ClH/c1-20-9-6-12(15)14(19)18-11-4-2-10(3-5-11)13-16-7-8-17-13;;/h2-5,7-8,12H,6,9,15H2,1H3,(H,16,17)(H,18,19);2*1H/t12-;;/m0../s1. The number of benzene rings is 1. The molecule has 0 bridgehead atoms. The predicted molar refractivity (Wildman–Crippen MR) is 98.1 cm³/mol. The minimum Gasteiger partial charge on any atom is -0.345 e. The van der Waals surface area contributed by atoms with Gasteiger partial charge in [-0.2, -0.15) is 11.8 Å². The molecule has 0 aliphatic carbocycles. The second-order valence-corrected chi connectivity index (χ2v) is 5.38. The molecule has 22 heavy (non-hydrogen) atoms. The minimum absolute atomic E-state index is 0. The number of halogens is 2. The van der Waals surface area contributed by atoms with E-state index in [0.717, 1.165) is 22.8 Å². The minimum atomic E-state index is -0.466. The third kappa shape index (κ3) is 5.88. The Bertz CT molecular complexity index is 548. The van der Waals surface area contributed by atoms with E-state index >= 15 is 0 Å². The Morgan fingerprint density at radius 1 is 1.36 bits per heavy atom. The number of carbonyl (C=O) groups is 1. The van der Waals surface area contributed by atoms with E-state index in [4.69, 9.17) is 5.73 Å². The molecule has 8 heteroatoms. The van der Waals surface area contributed by atoms with Crippen molar-refractivity contribution >= 4 is 48.2 Å². The van der Waals surface area contributed by atoms with Crippen LogP contribution < -0.4 is 11.1 Å². The summed E-state index contributed by atoms with van der Waals surface area (Å²) >= 11 is 1.68. The summed E-state index contributed by atoms with van der Waals surface area (Å²) in [6.45, 7) is 0. The fourth-order valence-corrected chi connectivity index (χ4v) is 2.24. The molecule has 0 spiro atoms. The van der Waals surface area contributed by atoms with Crippen molar-refractivity contribution in [3.63, 3.8) is 0 Å². The van der Waals surface area contributed by atoms with E-state index in [1.54, 1.807) is 24.2 Å². The van der Waals surface area contributed by atoms with Crippen LogP contribution in [0, 0.1) is 0 Å². The molecule has 1 amide bonds. The molecule has 1 aromatic carbocycles. The quantitative estimate of drug-likeness (QED) is 0.737. The highest BCUT2D eigenvalue weighted by Crippen LogP contribution is 2.17. The Morgan fingerprint density at radius 2 is 2.05 bits per heavy atom. The van der Waals surface area contributed by atoms with Crippen LogP contribution in [0.5, 0.6) is 0 Å². The average molecular weight is 363 g/mol. The van der Waals surface area contributed by atoms with Gasteiger partial charge in [0, 0.05) is 23.6 Å². The van der Waals surface area contributed by atoms with E-state index in [1.165, 1.54) is 0 Å². The first-order chi connectivity index (χ1) is 9.70. The first kappa shape index (κ1) is 20.8. The molecule has 2 aromatic rings. The van der Waals surface area contributed by atoms with Crippen LogP contribution in [0.4, 0.5) is 5.69 Å². The maximum atomic E-state index is 11.9. The fourth-order valence-electron chi connectivity index (χ4n) is 1.75. The lowest BCUT2D eigenvalue weighted by molar-refractivity contribution is -0.117. The van der Waals surface area contributed by atoms with Gasteiger partial charge in [-0.25, -0.2) is 4.98 Å². The molecule has 2 rings (SSSR count). The van der Waals surface area contributed by atoms with Crippen molar-refractivity contribution in [2.45, 2.75) is 12.5 Å². The lowest BCUT2D eigenvalue weighted by Crippen LogP contribution is -2.36. The van der Waals surface area contributed by atoms with E-state index in [9.17, 15) is 4.79 Å². The highest BCUT2D eigenvalue weighted by atomic mass is 35.5. The Morgan fingerprint density at radius 3 is 2.59 bits per heavy atom. The van der Waals surface area contributed by atoms with Crippen LogP contribution in [-0.2, 0) is 4.79 Å². The van der Waals surface area contributed by atoms with Crippen LogP contribution in [0.3, 0.4) is 0 Å². The smallest absolute Gasteiger partial charge is 0.241 e. The number of nitrogens with zero attached hydrogens (tertiary/aromatic N) is 1. The zero-order valence-corrected chi connectivity index (χ0v) is 14.6. The molecule has 0 fully saturated rings. The SMILES string of the molecule is CSCC[C@H](N)C(=O)Nc1ccc(-c2ncc[nH]2)cc1.Cl.Cl. The van der Waals surface area contributed by atoms with Crippen molar-refractivity contribution in [1.29, 1.82) is 0 Å². The number of hydrogen-bond donors (Lipinski definition) is 3. The fraction of sp³-hybridized carbons (Fsp3) is 0.286. The van der Waals surface area contributed by atoms with Gasteiger partial charge in [0.2, 0.25) is 5.91 Å². The summed E-state index contributed by atoms with van der Waals surface area (Å²) in [5, 5.41) is 2.82. The number of hydrogen-bond acceptors (Lipinski definition) is 4. The number of aromatic nitrogens is 2. The molecule has 0 unspecified atom stereocenters. The molecular weight excluding hydrogens is 343 g/mol. The largest absolute Gasteiger partial charge is 0.345 e. The number of anilines is 1. The highest BCUT2D eigenvalue weighted by molar-refractivity contribution is 7.98. The molecule has 0 aliphatic heterocycles. The highest BCUT2D eigenvalue weighted by Gasteiger charge is 2.12. The molecule has 0 aliphatic rings. The summed E-state index contributed by atoms with van der Waals surface area (Å²) in [4.78, 5) is 19.1. The first-order valence-corrected chi connectivity index (χ1v) is 7.75. The van der Waals surface area contributed by atoms with Gasteiger partial charge in [0.15, 0.2) is 0 Å². The van der Waals surface area contributed by atoms with Gasteiger partial charge in [-0.1, -0.05) is 0 Å². The van der Waals surface area contributed by atoms with Gasteiger partial charge in [-0.15, -0.1) is 24.8 Å². The summed E-state index contributed by atoms with van der Waals surface area (Å²) in [7, 11) is 0. The van der Waals surface area contributed by atoms with Gasteiger partial charge >= 0.3 is 0 Å². The van der Waals surface area contributed by atoms with Gasteiger partial charge < -0.3 is 16.0 Å². The van der Waals surface area contributed by atoms with Crippen LogP contribution in [-0.4, -0.2) is 33.9 Å². The Balaban J connectivity index is 0.00000220. The number of H-pyrrole nitrogens is 1. The van der Waals surface area contributed by atoms with E-state index in [2.05, 4.69) is 15.3 Å². The molecule has 0 saturated carbocycles. The number of carbonyl (C=O) groups excluding carboxylic acids is 1. The maximum absolute atomic E-state index is 11.9. The third-order valence-corrected chi connectivity index (χ3v) is 3.54. The Hall–Kier alpha value is -1.21. The first-order valence-electron chi connectivity index (χ1n) is 6.36. The lowest BCUT2D eigenvalue weighted by Gasteiger charge is -2.11. The van der Waals surface area contributed by atoms with Crippen molar-refractivity contribution in [3.8, 4) is 11.4 Å². The molecule has 1 heterocycles. The van der Waals surface area contributed by atoms with Crippen molar-refractivity contribution < 1.29 is 4.79 Å². The summed E-state index contributed by atoms with van der Waals surface area (Å²) in [6, 6.07) is 7.03. The second-order valence-electron chi connectivity index (χ2n) is 4.39. The third-order valence-electron chi connectivity index (χ3n) is 2.89. The molecular formula is C14H20Cl2N4OS. The molecule has 0 radical (unpaired) electrons. The number of nitrogens with one attached hydrogen (secondary N) is 2. The van der Waals surface area contributed by atoms with E-state index in [-0.39, 0.29) is 30.7 Å². The van der Waals surface area contributed by atoms with E-state index in [1.807, 2.05) is 30.5 Å². The number of rotatable bonds is 6. The summed E-state index contributed by atoms with van der Waals surface area (Å²) in [5.41, 5.74) is 7.53. The van der Waals surface area contributed by atoms with E-state index < -0.39 is 6.04 Å². The monoisotopic (exact) mass is 362 g/mol. The zero-order chi connectivity index (χ0) is 14.4. The molecule has 122 valence electrons. The summed E-state index contributed by atoms with van der Waals surface area (Å²) in [5.74, 6) is 1.54. The maximum Gasteiger partial charge on any atom is 0.241 e. The van der Waals surface area contributed by atoms with Crippen LogP contribution in [0.2, 0.25) is 0 Å². The van der Waals surface area contributed by atoms with Crippen molar-refractivity contribution in [1.82, 2.24) is 9.97 Å². The zero-order valence-electron chi connectivity index (χ0n) is 12.1. The normalized spacial score (nSPS) is 11.0. The predicted octanol–water partition coefficient (Wildman–Crippen LogP) is 2.94. The summed E-state index contributed by atoms with van der Waals surface area (Å²) in [6.07, 6.45) is 6.15. The molecule has 0 saturated heterocycles. The summed E-state index contributed by atoms with van der Waals surface area (Å²) < 4.78 is 0. The van der Waals surface area contributed by atoms with Crippen LogP contribution in [0.1, 0.15) is 6.42 Å². The van der Waals surface area contributed by atoms with Crippen molar-refractivity contribution in [2.24, 2.45) is 5.73 Å².